The molecule has 130 valence electrons. The Bertz CT molecular complexity index is 720. The van der Waals surface area contributed by atoms with Crippen LogP contribution in [0.4, 0.5) is 5.69 Å². The van der Waals surface area contributed by atoms with Gasteiger partial charge in [-0.15, -0.1) is 0 Å². The lowest BCUT2D eigenvalue weighted by molar-refractivity contribution is 0.0549. The van der Waals surface area contributed by atoms with E-state index in [4.69, 9.17) is 14.5 Å². The van der Waals surface area contributed by atoms with E-state index in [1.165, 1.54) is 23.1 Å². The summed E-state index contributed by atoms with van der Waals surface area (Å²) >= 11 is 3.60. The van der Waals surface area contributed by atoms with Crippen LogP contribution < -0.4 is 4.90 Å². The third-order valence-electron chi connectivity index (χ3n) is 4.79. The van der Waals surface area contributed by atoms with Crippen molar-refractivity contribution < 1.29 is 9.47 Å². The van der Waals surface area contributed by atoms with Gasteiger partial charge in [0.2, 0.25) is 0 Å². The highest BCUT2D eigenvalue weighted by Gasteiger charge is 2.26. The first kappa shape index (κ1) is 17.6. The quantitative estimate of drug-likeness (QED) is 0.692. The predicted molar refractivity (Wildman–Crippen MR) is 102 cm³/mol. The average molecular weight is 393 g/mol. The summed E-state index contributed by atoms with van der Waals surface area (Å²) in [5.41, 5.74) is 4.79. The van der Waals surface area contributed by atoms with Gasteiger partial charge in [-0.1, -0.05) is 15.9 Å². The number of halogens is 1. The molecule has 0 amide bonds. The number of benzene rings is 1. The maximum atomic E-state index is 5.73. The van der Waals surface area contributed by atoms with Gasteiger partial charge in [0.15, 0.2) is 0 Å². The third kappa shape index (κ3) is 3.73. The Kier molecular flexibility index (Phi) is 5.74. The van der Waals surface area contributed by atoms with Crippen LogP contribution in [0.25, 0.3) is 10.9 Å². The molecule has 0 saturated carbocycles. The van der Waals surface area contributed by atoms with Gasteiger partial charge in [-0.2, -0.15) is 0 Å². The fraction of sp³-hybridized carbons (Fsp3) is 0.526. The third-order valence-corrected chi connectivity index (χ3v) is 5.28. The number of rotatable bonds is 6. The van der Waals surface area contributed by atoms with Crippen LogP contribution in [-0.2, 0) is 9.47 Å². The van der Waals surface area contributed by atoms with Crippen LogP contribution in [0.5, 0.6) is 0 Å². The van der Waals surface area contributed by atoms with Gasteiger partial charge in [0, 0.05) is 41.7 Å². The smallest absolute Gasteiger partial charge is 0.0727 e. The second-order valence-electron chi connectivity index (χ2n) is 6.50. The van der Waals surface area contributed by atoms with Crippen LogP contribution in [0.2, 0.25) is 0 Å². The van der Waals surface area contributed by atoms with E-state index in [1.807, 2.05) is 0 Å². The van der Waals surface area contributed by atoms with E-state index in [-0.39, 0.29) is 0 Å². The molecule has 1 fully saturated rings. The van der Waals surface area contributed by atoms with Gasteiger partial charge in [-0.05, 0) is 44.0 Å². The topological polar surface area (TPSA) is 34.6 Å². The molecule has 2 aromatic rings. The van der Waals surface area contributed by atoms with E-state index < -0.39 is 0 Å². The molecule has 1 atom stereocenters. The van der Waals surface area contributed by atoms with E-state index in [1.54, 1.807) is 7.11 Å². The SMILES string of the molecule is COCCOCC1CCN(c2c(C)c(C)nc3ccc(Br)cc23)C1. The molecule has 1 saturated heterocycles. The predicted octanol–water partition coefficient (Wildman–Crippen LogP) is 4.10. The Morgan fingerprint density at radius 3 is 2.92 bits per heavy atom. The normalized spacial score (nSPS) is 17.8. The minimum absolute atomic E-state index is 0.580. The minimum atomic E-state index is 0.580. The van der Waals surface area contributed by atoms with Crippen LogP contribution in [-0.4, -0.2) is 45.0 Å². The van der Waals surface area contributed by atoms with Gasteiger partial charge < -0.3 is 14.4 Å². The summed E-state index contributed by atoms with van der Waals surface area (Å²) in [7, 11) is 1.71. The maximum Gasteiger partial charge on any atom is 0.0727 e. The van der Waals surface area contributed by atoms with Gasteiger partial charge in [0.05, 0.1) is 31.0 Å². The van der Waals surface area contributed by atoms with Crippen molar-refractivity contribution in [3.8, 4) is 0 Å². The number of aryl methyl sites for hydroxylation is 1. The first-order chi connectivity index (χ1) is 11.6. The lowest BCUT2D eigenvalue weighted by atomic mass is 10.1. The number of pyridine rings is 1. The number of hydrogen-bond donors (Lipinski definition) is 0. The van der Waals surface area contributed by atoms with Crippen molar-refractivity contribution in [3.05, 3.63) is 33.9 Å². The number of fused-ring (bicyclic) bond motifs is 1. The largest absolute Gasteiger partial charge is 0.382 e. The van der Waals surface area contributed by atoms with E-state index in [0.29, 0.717) is 19.1 Å². The zero-order valence-electron chi connectivity index (χ0n) is 14.6. The second-order valence-corrected chi connectivity index (χ2v) is 7.42. The molecule has 24 heavy (non-hydrogen) atoms. The lowest BCUT2D eigenvalue weighted by Gasteiger charge is -2.24. The van der Waals surface area contributed by atoms with Crippen LogP contribution in [0.3, 0.4) is 0 Å². The molecule has 0 spiro atoms. The molecule has 0 aliphatic carbocycles. The standard InChI is InChI=1S/C19H25BrN2O2/c1-13-14(2)21-18-5-4-16(20)10-17(18)19(13)22-7-6-15(11-22)12-24-9-8-23-3/h4-5,10,15H,6-9,11-12H2,1-3H3. The van der Waals surface area contributed by atoms with Crippen LogP contribution in [0, 0.1) is 19.8 Å². The number of methoxy groups -OCH3 is 1. The zero-order valence-corrected chi connectivity index (χ0v) is 16.2. The van der Waals surface area contributed by atoms with Gasteiger partial charge in [-0.3, -0.25) is 4.98 Å². The highest BCUT2D eigenvalue weighted by Crippen LogP contribution is 2.35. The summed E-state index contributed by atoms with van der Waals surface area (Å²) in [6.07, 6.45) is 1.17. The van der Waals surface area contributed by atoms with Gasteiger partial charge in [0.1, 0.15) is 0 Å². The molecule has 1 aromatic carbocycles. The fourth-order valence-electron chi connectivity index (χ4n) is 3.40. The van der Waals surface area contributed by atoms with Crippen molar-refractivity contribution in [3.63, 3.8) is 0 Å². The summed E-state index contributed by atoms with van der Waals surface area (Å²) in [6, 6.07) is 6.34. The molecule has 0 bridgehead atoms. The fourth-order valence-corrected chi connectivity index (χ4v) is 3.77. The maximum absolute atomic E-state index is 5.73. The van der Waals surface area contributed by atoms with Crippen molar-refractivity contribution in [2.75, 3.05) is 44.9 Å². The molecule has 0 N–H and O–H groups in total. The van der Waals surface area contributed by atoms with Crippen molar-refractivity contribution in [2.45, 2.75) is 20.3 Å². The molecule has 0 radical (unpaired) electrons. The highest BCUT2D eigenvalue weighted by molar-refractivity contribution is 9.10. The minimum Gasteiger partial charge on any atom is -0.382 e. The van der Waals surface area contributed by atoms with E-state index in [9.17, 15) is 0 Å². The summed E-state index contributed by atoms with van der Waals surface area (Å²) in [4.78, 5) is 7.25. The van der Waals surface area contributed by atoms with E-state index in [0.717, 1.165) is 35.4 Å². The Balaban J connectivity index is 1.82. The Morgan fingerprint density at radius 2 is 2.12 bits per heavy atom. The zero-order chi connectivity index (χ0) is 17.1. The molecule has 1 unspecified atom stereocenters. The average Bonchev–Trinajstić information content (AvgIpc) is 3.02. The Hall–Kier alpha value is -1.17. The summed E-state index contributed by atoms with van der Waals surface area (Å²) in [5, 5.41) is 1.23. The van der Waals surface area contributed by atoms with Crippen LogP contribution in [0.15, 0.2) is 22.7 Å². The molecular weight excluding hydrogens is 368 g/mol. The summed E-state index contributed by atoms with van der Waals surface area (Å²) < 4.78 is 11.9. The van der Waals surface area contributed by atoms with Crippen molar-refractivity contribution in [1.29, 1.82) is 0 Å². The van der Waals surface area contributed by atoms with E-state index in [2.05, 4.69) is 52.9 Å². The first-order valence-corrected chi connectivity index (χ1v) is 9.27. The van der Waals surface area contributed by atoms with E-state index >= 15 is 0 Å². The Labute approximate surface area is 152 Å². The van der Waals surface area contributed by atoms with Crippen LogP contribution >= 0.6 is 15.9 Å². The van der Waals surface area contributed by atoms with Gasteiger partial charge in [-0.25, -0.2) is 0 Å². The molecule has 1 aromatic heterocycles. The van der Waals surface area contributed by atoms with Gasteiger partial charge >= 0.3 is 0 Å². The van der Waals surface area contributed by atoms with Crippen LogP contribution in [0.1, 0.15) is 17.7 Å². The monoisotopic (exact) mass is 392 g/mol. The number of hydrogen-bond acceptors (Lipinski definition) is 4. The van der Waals surface area contributed by atoms with Crippen molar-refractivity contribution >= 4 is 32.5 Å². The molecule has 3 rings (SSSR count). The molecular formula is C19H25BrN2O2. The molecule has 5 heteroatoms. The number of nitrogens with zero attached hydrogens (tertiary/aromatic N) is 2. The second kappa shape index (κ2) is 7.81. The Morgan fingerprint density at radius 1 is 1.29 bits per heavy atom. The molecule has 2 heterocycles. The van der Waals surface area contributed by atoms with Gasteiger partial charge in [0.25, 0.3) is 0 Å². The summed E-state index contributed by atoms with van der Waals surface area (Å²) in [6.45, 7) is 8.55. The summed E-state index contributed by atoms with van der Waals surface area (Å²) in [5.74, 6) is 0.580. The number of anilines is 1. The lowest BCUT2D eigenvalue weighted by Crippen LogP contribution is -2.23. The van der Waals surface area contributed by atoms with Crippen molar-refractivity contribution in [2.24, 2.45) is 5.92 Å². The number of ether oxygens (including phenoxy) is 2. The number of aromatic nitrogens is 1. The molecule has 1 aliphatic heterocycles. The highest BCUT2D eigenvalue weighted by atomic mass is 79.9. The first-order valence-electron chi connectivity index (χ1n) is 8.48. The van der Waals surface area contributed by atoms with Crippen molar-refractivity contribution in [1.82, 2.24) is 4.98 Å². The molecule has 4 nitrogen and oxygen atoms in total. The molecule has 1 aliphatic rings.